The molecule has 27 heavy (non-hydrogen) atoms. The lowest BCUT2D eigenvalue weighted by Crippen LogP contribution is -2.53. The molecular formula is C18H24N4O4S. The van der Waals surface area contributed by atoms with Crippen LogP contribution in [-0.2, 0) is 27.1 Å². The van der Waals surface area contributed by atoms with Crippen LogP contribution in [0.1, 0.15) is 25.3 Å². The zero-order valence-corrected chi connectivity index (χ0v) is 16.3. The van der Waals surface area contributed by atoms with Gasteiger partial charge in [0.2, 0.25) is 15.9 Å². The first-order valence-corrected chi connectivity index (χ1v) is 10.5. The van der Waals surface area contributed by atoms with Crippen LogP contribution < -0.4 is 14.4 Å². The molecule has 8 nitrogen and oxygen atoms in total. The van der Waals surface area contributed by atoms with Crippen molar-refractivity contribution in [3.63, 3.8) is 0 Å². The highest BCUT2D eigenvalue weighted by Crippen LogP contribution is 2.22. The number of benzene rings is 1. The van der Waals surface area contributed by atoms with Gasteiger partial charge >= 0.3 is 0 Å². The fourth-order valence-corrected chi connectivity index (χ4v) is 4.60. The van der Waals surface area contributed by atoms with E-state index in [1.807, 2.05) is 6.92 Å². The molecule has 0 unspecified atom stereocenters. The summed E-state index contributed by atoms with van der Waals surface area (Å²) in [6.07, 6.45) is 2.84. The van der Waals surface area contributed by atoms with Crippen molar-refractivity contribution in [2.45, 2.75) is 38.1 Å². The highest BCUT2D eigenvalue weighted by atomic mass is 32.2. The molecule has 1 aromatic heterocycles. The Kier molecular flexibility index (Phi) is 5.81. The molecule has 2 aromatic rings. The van der Waals surface area contributed by atoms with Gasteiger partial charge in [0.15, 0.2) is 0 Å². The zero-order chi connectivity index (χ0) is 19.4. The van der Waals surface area contributed by atoms with Crippen molar-refractivity contribution in [3.05, 3.63) is 42.1 Å². The van der Waals surface area contributed by atoms with E-state index < -0.39 is 16.1 Å². The Morgan fingerprint density at radius 3 is 2.89 bits per heavy atom. The van der Waals surface area contributed by atoms with Gasteiger partial charge in [-0.05, 0) is 37.5 Å². The van der Waals surface area contributed by atoms with Gasteiger partial charge in [0.05, 0.1) is 19.1 Å². The number of carbonyl (C=O) groups is 1. The van der Waals surface area contributed by atoms with Gasteiger partial charge in [0.1, 0.15) is 17.6 Å². The number of nitrogens with one attached hydrogen (secondary N) is 1. The van der Waals surface area contributed by atoms with Crippen LogP contribution in [0.2, 0.25) is 0 Å². The number of rotatable bonds is 7. The molecule has 1 amide bonds. The second-order valence-electron chi connectivity index (χ2n) is 6.42. The van der Waals surface area contributed by atoms with Gasteiger partial charge in [-0.15, -0.1) is 0 Å². The number of aromatic nitrogens is 2. The molecule has 146 valence electrons. The van der Waals surface area contributed by atoms with Gasteiger partial charge < -0.3 is 4.74 Å². The minimum absolute atomic E-state index is 0.207. The van der Waals surface area contributed by atoms with Crippen molar-refractivity contribution in [2.24, 2.45) is 0 Å². The number of nitrogens with zero attached hydrogens (tertiary/aromatic N) is 3. The number of piperidine rings is 1. The summed E-state index contributed by atoms with van der Waals surface area (Å²) in [5, 5.41) is 4.19. The quantitative estimate of drug-likeness (QED) is 0.771. The van der Waals surface area contributed by atoms with Gasteiger partial charge in [0, 0.05) is 19.2 Å². The average molecular weight is 392 g/mol. The van der Waals surface area contributed by atoms with Gasteiger partial charge in [-0.25, -0.2) is 17.8 Å². The number of aryl methyl sites for hydroxylation is 1. The molecule has 1 N–H and O–H groups in total. The number of sulfonamides is 1. The highest BCUT2D eigenvalue weighted by molar-refractivity contribution is 7.88. The summed E-state index contributed by atoms with van der Waals surface area (Å²) in [7, 11) is -2.15. The summed E-state index contributed by atoms with van der Waals surface area (Å²) in [4.78, 5) is 14.5. The van der Waals surface area contributed by atoms with Gasteiger partial charge in [-0.1, -0.05) is 12.1 Å². The maximum absolute atomic E-state index is 12.9. The second kappa shape index (κ2) is 8.10. The third-order valence-corrected chi connectivity index (χ3v) is 5.88. The third-order valence-electron chi connectivity index (χ3n) is 4.52. The van der Waals surface area contributed by atoms with E-state index in [1.54, 1.807) is 46.1 Å². The molecule has 9 heteroatoms. The van der Waals surface area contributed by atoms with E-state index in [1.165, 1.54) is 7.11 Å². The summed E-state index contributed by atoms with van der Waals surface area (Å²) < 4.78 is 34.6. The van der Waals surface area contributed by atoms with E-state index in [-0.39, 0.29) is 11.7 Å². The standard InChI is InChI=1S/C18H24N4O4S/c1-3-22-17(9-10-19-22)21-11-5-8-16(18(21)23)20-27(24,25)13-14-6-4-7-15(12-14)26-2/h4,6-7,9-10,12,16,20H,3,5,8,11,13H2,1-2H3/t16-/m1/s1. The van der Waals surface area contributed by atoms with Crippen LogP contribution in [0.25, 0.3) is 0 Å². The lowest BCUT2D eigenvalue weighted by atomic mass is 10.1. The molecule has 3 rings (SSSR count). The van der Waals surface area contributed by atoms with E-state index in [0.717, 1.165) is 0 Å². The Morgan fingerprint density at radius 2 is 2.15 bits per heavy atom. The second-order valence-corrected chi connectivity index (χ2v) is 8.17. The molecule has 1 saturated heterocycles. The molecule has 2 heterocycles. The van der Waals surface area contributed by atoms with E-state index >= 15 is 0 Å². The van der Waals surface area contributed by atoms with Crippen molar-refractivity contribution in [2.75, 3.05) is 18.6 Å². The fraction of sp³-hybridized carbons (Fsp3) is 0.444. The number of ether oxygens (including phenoxy) is 1. The van der Waals surface area contributed by atoms with Crippen molar-refractivity contribution in [1.29, 1.82) is 0 Å². The number of hydrogen-bond acceptors (Lipinski definition) is 5. The fourth-order valence-electron chi connectivity index (χ4n) is 3.25. The largest absolute Gasteiger partial charge is 0.497 e. The molecule has 1 aromatic carbocycles. The first-order chi connectivity index (χ1) is 12.9. The average Bonchev–Trinajstić information content (AvgIpc) is 3.11. The maximum atomic E-state index is 12.9. The molecule has 1 aliphatic heterocycles. The van der Waals surface area contributed by atoms with Crippen LogP contribution in [0.5, 0.6) is 5.75 Å². The SMILES string of the molecule is CCn1nccc1N1CCC[C@@H](NS(=O)(=O)Cc2cccc(OC)c2)C1=O. The Labute approximate surface area is 159 Å². The first-order valence-electron chi connectivity index (χ1n) is 8.89. The summed E-state index contributed by atoms with van der Waals surface area (Å²) in [5.74, 6) is 0.834. The van der Waals surface area contributed by atoms with Crippen molar-refractivity contribution in [1.82, 2.24) is 14.5 Å². The minimum Gasteiger partial charge on any atom is -0.497 e. The number of anilines is 1. The molecule has 0 aliphatic carbocycles. The van der Waals surface area contributed by atoms with E-state index in [4.69, 9.17) is 4.74 Å². The Balaban J connectivity index is 1.72. The normalized spacial score (nSPS) is 17.9. The zero-order valence-electron chi connectivity index (χ0n) is 15.5. The summed E-state index contributed by atoms with van der Waals surface area (Å²) in [6, 6.07) is 7.89. The lowest BCUT2D eigenvalue weighted by Gasteiger charge is -2.32. The van der Waals surface area contributed by atoms with Gasteiger partial charge in [-0.3, -0.25) is 9.69 Å². The third kappa shape index (κ3) is 4.48. The lowest BCUT2D eigenvalue weighted by molar-refractivity contribution is -0.121. The molecular weight excluding hydrogens is 368 g/mol. The summed E-state index contributed by atoms with van der Waals surface area (Å²) in [6.45, 7) is 3.14. The number of hydrogen-bond donors (Lipinski definition) is 1. The van der Waals surface area contributed by atoms with E-state index in [9.17, 15) is 13.2 Å². The first kappa shape index (κ1) is 19.4. The minimum atomic E-state index is -3.68. The number of amides is 1. The Hall–Kier alpha value is -2.39. The summed E-state index contributed by atoms with van der Waals surface area (Å²) >= 11 is 0. The topological polar surface area (TPSA) is 93.5 Å². The van der Waals surface area contributed by atoms with Crippen LogP contribution in [0.15, 0.2) is 36.5 Å². The monoisotopic (exact) mass is 392 g/mol. The molecule has 1 fully saturated rings. The number of carbonyl (C=O) groups excluding carboxylic acids is 1. The molecule has 0 radical (unpaired) electrons. The van der Waals surface area contributed by atoms with Crippen molar-refractivity contribution >= 4 is 21.7 Å². The van der Waals surface area contributed by atoms with Gasteiger partial charge in [-0.2, -0.15) is 5.10 Å². The molecule has 1 atom stereocenters. The maximum Gasteiger partial charge on any atom is 0.246 e. The van der Waals surface area contributed by atoms with Crippen molar-refractivity contribution in [3.8, 4) is 5.75 Å². The van der Waals surface area contributed by atoms with Crippen LogP contribution in [-0.4, -0.2) is 43.8 Å². The highest BCUT2D eigenvalue weighted by Gasteiger charge is 2.33. The Bertz CT molecular complexity index is 910. The predicted molar refractivity (Wildman–Crippen MR) is 102 cm³/mol. The van der Waals surface area contributed by atoms with Gasteiger partial charge in [0.25, 0.3) is 0 Å². The van der Waals surface area contributed by atoms with Crippen LogP contribution >= 0.6 is 0 Å². The predicted octanol–water partition coefficient (Wildman–Crippen LogP) is 1.53. The van der Waals surface area contributed by atoms with Crippen LogP contribution in [0.3, 0.4) is 0 Å². The van der Waals surface area contributed by atoms with Crippen molar-refractivity contribution < 1.29 is 17.9 Å². The van der Waals surface area contributed by atoms with Crippen LogP contribution in [0.4, 0.5) is 5.82 Å². The molecule has 1 aliphatic rings. The smallest absolute Gasteiger partial charge is 0.246 e. The summed E-state index contributed by atoms with van der Waals surface area (Å²) in [5.41, 5.74) is 0.603. The molecule has 0 spiro atoms. The van der Waals surface area contributed by atoms with Crippen LogP contribution in [0, 0.1) is 0 Å². The van der Waals surface area contributed by atoms with E-state index in [0.29, 0.717) is 43.1 Å². The Morgan fingerprint density at radius 1 is 1.33 bits per heavy atom. The molecule has 0 saturated carbocycles. The van der Waals surface area contributed by atoms with E-state index in [2.05, 4.69) is 9.82 Å². The number of methoxy groups -OCH3 is 1. The molecule has 0 bridgehead atoms.